The summed E-state index contributed by atoms with van der Waals surface area (Å²) in [6, 6.07) is 12.9. The lowest BCUT2D eigenvalue weighted by molar-refractivity contribution is 0.0949. The number of amides is 1. The highest BCUT2D eigenvalue weighted by Gasteiger charge is 2.11. The lowest BCUT2D eigenvalue weighted by Gasteiger charge is -2.10. The summed E-state index contributed by atoms with van der Waals surface area (Å²) >= 11 is 0. The molecular weight excluding hydrogens is 359 g/mol. The van der Waals surface area contributed by atoms with Gasteiger partial charge in [0.1, 0.15) is 13.3 Å². The lowest BCUT2D eigenvalue weighted by Crippen LogP contribution is -2.27. The average molecular weight is 382 g/mol. The van der Waals surface area contributed by atoms with Gasteiger partial charge in [-0.25, -0.2) is 9.37 Å². The van der Waals surface area contributed by atoms with Gasteiger partial charge in [-0.2, -0.15) is 4.98 Å². The summed E-state index contributed by atoms with van der Waals surface area (Å²) in [6.07, 6.45) is 0. The molecule has 0 fully saturated rings. The summed E-state index contributed by atoms with van der Waals surface area (Å²) in [5.74, 6) is 0.632. The first-order valence-corrected chi connectivity index (χ1v) is 9.12. The molecule has 2 aromatic carbocycles. The third-order valence-electron chi connectivity index (χ3n) is 4.15. The first-order valence-electron chi connectivity index (χ1n) is 9.12. The maximum absolute atomic E-state index is 12.5. The van der Waals surface area contributed by atoms with Crippen LogP contribution in [0.4, 0.5) is 10.3 Å². The molecule has 0 aliphatic heterocycles. The fourth-order valence-corrected chi connectivity index (χ4v) is 2.76. The van der Waals surface area contributed by atoms with E-state index in [9.17, 15) is 9.18 Å². The van der Waals surface area contributed by atoms with E-state index in [1.165, 1.54) is 0 Å². The number of carbonyl (C=O) groups is 1. The van der Waals surface area contributed by atoms with Gasteiger partial charge in [-0.3, -0.25) is 4.79 Å². The highest BCUT2D eigenvalue weighted by atomic mass is 19.1. The van der Waals surface area contributed by atoms with Crippen molar-refractivity contribution >= 4 is 22.8 Å². The number of nitrogens with one attached hydrogen (secondary N) is 1. The molecule has 0 unspecified atom stereocenters. The Kier molecular flexibility index (Phi) is 6.03. The fraction of sp³-hybridized carbons (Fsp3) is 0.286. The van der Waals surface area contributed by atoms with Crippen molar-refractivity contribution in [2.75, 3.05) is 25.6 Å². The van der Waals surface area contributed by atoms with Crippen LogP contribution in [0.25, 0.3) is 22.0 Å². The second-order valence-corrected chi connectivity index (χ2v) is 6.84. The van der Waals surface area contributed by atoms with Crippen LogP contribution in [-0.4, -0.2) is 35.7 Å². The van der Waals surface area contributed by atoms with E-state index in [-0.39, 0.29) is 24.3 Å². The van der Waals surface area contributed by atoms with Crippen LogP contribution in [-0.2, 0) is 0 Å². The Morgan fingerprint density at radius 1 is 1.14 bits per heavy atom. The SMILES string of the molecule is CC(C)CNC(=O)c1ccc(-c2ccc3nc(N)nc(OCCF)c3c2)cc1. The molecule has 6 nitrogen and oxygen atoms in total. The largest absolute Gasteiger partial charge is 0.474 e. The van der Waals surface area contributed by atoms with Crippen LogP contribution >= 0.6 is 0 Å². The van der Waals surface area contributed by atoms with Crippen molar-refractivity contribution in [2.24, 2.45) is 5.92 Å². The van der Waals surface area contributed by atoms with Gasteiger partial charge >= 0.3 is 0 Å². The monoisotopic (exact) mass is 382 g/mol. The van der Waals surface area contributed by atoms with Gasteiger partial charge < -0.3 is 15.8 Å². The molecule has 146 valence electrons. The molecule has 0 atom stereocenters. The molecule has 0 bridgehead atoms. The van der Waals surface area contributed by atoms with E-state index in [4.69, 9.17) is 10.5 Å². The van der Waals surface area contributed by atoms with Crippen LogP contribution in [0.1, 0.15) is 24.2 Å². The van der Waals surface area contributed by atoms with Crippen LogP contribution in [0.5, 0.6) is 5.88 Å². The van der Waals surface area contributed by atoms with Gasteiger partial charge in [0.15, 0.2) is 0 Å². The van der Waals surface area contributed by atoms with Gasteiger partial charge in [-0.1, -0.05) is 32.0 Å². The van der Waals surface area contributed by atoms with Gasteiger partial charge in [-0.05, 0) is 41.3 Å². The number of nitrogens with zero attached hydrogens (tertiary/aromatic N) is 2. The minimum Gasteiger partial charge on any atom is -0.474 e. The Balaban J connectivity index is 1.88. The molecule has 1 aromatic heterocycles. The summed E-state index contributed by atoms with van der Waals surface area (Å²) in [5, 5.41) is 3.55. The summed E-state index contributed by atoms with van der Waals surface area (Å²) in [7, 11) is 0. The zero-order valence-corrected chi connectivity index (χ0v) is 15.9. The number of rotatable bonds is 7. The molecule has 7 heteroatoms. The summed E-state index contributed by atoms with van der Waals surface area (Å²) in [4.78, 5) is 20.4. The van der Waals surface area contributed by atoms with E-state index in [1.54, 1.807) is 12.1 Å². The smallest absolute Gasteiger partial charge is 0.251 e. The highest BCUT2D eigenvalue weighted by molar-refractivity contribution is 5.95. The van der Waals surface area contributed by atoms with Crippen LogP contribution in [0, 0.1) is 5.92 Å². The Morgan fingerprint density at radius 2 is 1.86 bits per heavy atom. The number of anilines is 1. The molecule has 28 heavy (non-hydrogen) atoms. The summed E-state index contributed by atoms with van der Waals surface area (Å²) in [6.45, 7) is 4.01. The third-order valence-corrected chi connectivity index (χ3v) is 4.15. The standard InChI is InChI=1S/C21H23FN4O2/c1-13(2)12-24-19(27)15-5-3-14(4-6-15)16-7-8-18-17(11-16)20(28-10-9-22)26-21(23)25-18/h3-8,11,13H,9-10,12H2,1-2H3,(H,24,27)(H2,23,25,26). The van der Waals surface area contributed by atoms with Crippen molar-refractivity contribution in [3.8, 4) is 17.0 Å². The average Bonchev–Trinajstić information content (AvgIpc) is 2.70. The summed E-state index contributed by atoms with van der Waals surface area (Å²) < 4.78 is 17.9. The minimum atomic E-state index is -0.620. The molecule has 3 N–H and O–H groups in total. The topological polar surface area (TPSA) is 90.1 Å². The molecule has 0 spiro atoms. The predicted octanol–water partition coefficient (Wildman–Crippen LogP) is 3.61. The summed E-state index contributed by atoms with van der Waals surface area (Å²) in [5.41, 5.74) is 8.75. The van der Waals surface area contributed by atoms with Gasteiger partial charge in [0, 0.05) is 12.1 Å². The molecule has 1 amide bonds. The van der Waals surface area contributed by atoms with Crippen molar-refractivity contribution in [3.05, 3.63) is 48.0 Å². The molecule has 0 aliphatic rings. The Hall–Kier alpha value is -3.22. The van der Waals surface area contributed by atoms with Crippen molar-refractivity contribution in [2.45, 2.75) is 13.8 Å². The Bertz CT molecular complexity index is 974. The first-order chi connectivity index (χ1) is 13.5. The number of carbonyl (C=O) groups excluding carboxylic acids is 1. The number of ether oxygens (including phenoxy) is 1. The van der Waals surface area contributed by atoms with E-state index in [2.05, 4.69) is 15.3 Å². The Labute approximate surface area is 162 Å². The number of hydrogen-bond donors (Lipinski definition) is 2. The zero-order chi connectivity index (χ0) is 20.1. The van der Waals surface area contributed by atoms with Crippen LogP contribution in [0.15, 0.2) is 42.5 Å². The fourth-order valence-electron chi connectivity index (χ4n) is 2.76. The molecule has 0 aliphatic carbocycles. The minimum absolute atomic E-state index is 0.0749. The second kappa shape index (κ2) is 8.65. The lowest BCUT2D eigenvalue weighted by atomic mass is 10.0. The number of nitrogen functional groups attached to an aromatic ring is 1. The van der Waals surface area contributed by atoms with Gasteiger partial charge in [0.25, 0.3) is 5.91 Å². The highest BCUT2D eigenvalue weighted by Crippen LogP contribution is 2.29. The number of hydrogen-bond acceptors (Lipinski definition) is 5. The van der Waals surface area contributed by atoms with E-state index in [0.717, 1.165) is 11.1 Å². The first kappa shape index (κ1) is 19.5. The molecule has 1 heterocycles. The number of benzene rings is 2. The van der Waals surface area contributed by atoms with Crippen molar-refractivity contribution in [1.29, 1.82) is 0 Å². The zero-order valence-electron chi connectivity index (χ0n) is 15.9. The number of aromatic nitrogens is 2. The van der Waals surface area contributed by atoms with Crippen molar-refractivity contribution in [1.82, 2.24) is 15.3 Å². The van der Waals surface area contributed by atoms with E-state index < -0.39 is 6.67 Å². The molecular formula is C21H23FN4O2. The van der Waals surface area contributed by atoms with Gasteiger partial charge in [0.2, 0.25) is 11.8 Å². The number of nitrogens with two attached hydrogens (primary N) is 1. The maximum atomic E-state index is 12.5. The van der Waals surface area contributed by atoms with Crippen molar-refractivity contribution < 1.29 is 13.9 Å². The second-order valence-electron chi connectivity index (χ2n) is 6.84. The number of alkyl halides is 1. The third kappa shape index (κ3) is 4.54. The van der Waals surface area contributed by atoms with E-state index in [0.29, 0.717) is 28.9 Å². The van der Waals surface area contributed by atoms with E-state index >= 15 is 0 Å². The van der Waals surface area contributed by atoms with Crippen LogP contribution in [0.2, 0.25) is 0 Å². The molecule has 0 radical (unpaired) electrons. The van der Waals surface area contributed by atoms with Gasteiger partial charge in [-0.15, -0.1) is 0 Å². The number of fused-ring (bicyclic) bond motifs is 1. The maximum Gasteiger partial charge on any atom is 0.251 e. The molecule has 0 saturated carbocycles. The van der Waals surface area contributed by atoms with Crippen LogP contribution in [0.3, 0.4) is 0 Å². The quantitative estimate of drug-likeness (QED) is 0.651. The van der Waals surface area contributed by atoms with Crippen molar-refractivity contribution in [3.63, 3.8) is 0 Å². The van der Waals surface area contributed by atoms with E-state index in [1.807, 2.05) is 44.2 Å². The predicted molar refractivity (Wildman–Crippen MR) is 108 cm³/mol. The molecule has 3 rings (SSSR count). The normalized spacial score (nSPS) is 11.0. The molecule has 3 aromatic rings. The van der Waals surface area contributed by atoms with Crippen LogP contribution < -0.4 is 15.8 Å². The number of halogens is 1. The molecule has 0 saturated heterocycles. The van der Waals surface area contributed by atoms with Gasteiger partial charge in [0.05, 0.1) is 10.9 Å². The Morgan fingerprint density at radius 3 is 2.54 bits per heavy atom.